The molecule has 0 saturated heterocycles. The lowest BCUT2D eigenvalue weighted by atomic mass is 10.1. The molecule has 7 nitrogen and oxygen atoms in total. The maximum absolute atomic E-state index is 12.3. The first-order valence-corrected chi connectivity index (χ1v) is 10.6. The number of halogens is 1. The Balaban J connectivity index is 1.84. The van der Waals surface area contributed by atoms with Crippen molar-refractivity contribution in [2.75, 3.05) is 11.9 Å². The van der Waals surface area contributed by atoms with Crippen molar-refractivity contribution >= 4 is 41.3 Å². The van der Waals surface area contributed by atoms with E-state index >= 15 is 0 Å². The highest BCUT2D eigenvalue weighted by molar-refractivity contribution is 6.32. The molecule has 0 fully saturated rings. The molecular formula is C24H28ClN3O4. The summed E-state index contributed by atoms with van der Waals surface area (Å²) in [6.07, 6.45) is 2.58. The Morgan fingerprint density at radius 3 is 2.41 bits per heavy atom. The number of ether oxygens (including phenoxy) is 1. The number of carbonyl (C=O) groups is 3. The van der Waals surface area contributed by atoms with E-state index in [-0.39, 0.29) is 31.3 Å². The van der Waals surface area contributed by atoms with Crippen LogP contribution >= 0.6 is 11.6 Å². The molecule has 0 radical (unpaired) electrons. The first-order chi connectivity index (χ1) is 15.1. The van der Waals surface area contributed by atoms with Crippen LogP contribution in [0.15, 0.2) is 54.6 Å². The minimum Gasteiger partial charge on any atom is -0.444 e. The number of anilines is 1. The van der Waals surface area contributed by atoms with Crippen LogP contribution in [-0.2, 0) is 20.9 Å². The topological polar surface area (TPSA) is 96.5 Å². The van der Waals surface area contributed by atoms with Crippen molar-refractivity contribution in [3.05, 3.63) is 70.8 Å². The van der Waals surface area contributed by atoms with Gasteiger partial charge in [0.15, 0.2) is 0 Å². The summed E-state index contributed by atoms with van der Waals surface area (Å²) >= 11 is 6.09. The number of rotatable bonds is 8. The SMILES string of the molecule is CC(C)(C)OC(=O)NCCC(=O)NCc1ccccc1NC(=O)/C=C/c1ccccc1Cl. The fourth-order valence-electron chi connectivity index (χ4n) is 2.62. The average Bonchev–Trinajstić information content (AvgIpc) is 2.71. The quantitative estimate of drug-likeness (QED) is 0.507. The molecule has 0 bridgehead atoms. The Bertz CT molecular complexity index is 983. The summed E-state index contributed by atoms with van der Waals surface area (Å²) in [5.74, 6) is -0.550. The van der Waals surface area contributed by atoms with Gasteiger partial charge in [0.1, 0.15) is 5.60 Å². The molecule has 0 aliphatic rings. The lowest BCUT2D eigenvalue weighted by Gasteiger charge is -2.19. The van der Waals surface area contributed by atoms with Crippen molar-refractivity contribution in [3.8, 4) is 0 Å². The molecule has 2 aromatic rings. The van der Waals surface area contributed by atoms with Gasteiger partial charge in [0, 0.05) is 36.3 Å². The van der Waals surface area contributed by atoms with E-state index in [9.17, 15) is 14.4 Å². The van der Waals surface area contributed by atoms with Crippen LogP contribution in [0.3, 0.4) is 0 Å². The Kier molecular flexibility index (Phi) is 9.28. The standard InChI is InChI=1S/C24H28ClN3O4/c1-24(2,3)32-23(31)26-15-14-21(29)27-16-18-9-5-7-11-20(18)28-22(30)13-12-17-8-4-6-10-19(17)25/h4-13H,14-16H2,1-3H3,(H,26,31)(H,27,29)(H,28,30)/b13-12+. The van der Waals surface area contributed by atoms with E-state index < -0.39 is 11.7 Å². The van der Waals surface area contributed by atoms with Crippen LogP contribution in [0, 0.1) is 0 Å². The van der Waals surface area contributed by atoms with Gasteiger partial charge in [0.2, 0.25) is 11.8 Å². The van der Waals surface area contributed by atoms with E-state index in [0.717, 1.165) is 11.1 Å². The smallest absolute Gasteiger partial charge is 0.407 e. The molecule has 0 atom stereocenters. The molecule has 3 N–H and O–H groups in total. The lowest BCUT2D eigenvalue weighted by molar-refractivity contribution is -0.121. The van der Waals surface area contributed by atoms with Crippen LogP contribution in [-0.4, -0.2) is 30.1 Å². The minimum absolute atomic E-state index is 0.105. The third-order valence-corrected chi connectivity index (χ3v) is 4.44. The third-order valence-electron chi connectivity index (χ3n) is 4.09. The first kappa shape index (κ1) is 24.9. The van der Waals surface area contributed by atoms with Crippen molar-refractivity contribution in [3.63, 3.8) is 0 Å². The zero-order valence-corrected chi connectivity index (χ0v) is 19.2. The lowest BCUT2D eigenvalue weighted by Crippen LogP contribution is -2.35. The number of alkyl carbamates (subject to hydrolysis) is 1. The summed E-state index contributed by atoms with van der Waals surface area (Å²) in [5.41, 5.74) is 1.49. The Hall–Kier alpha value is -3.32. The van der Waals surface area contributed by atoms with Crippen LogP contribution in [0.4, 0.5) is 10.5 Å². The number of benzene rings is 2. The summed E-state index contributed by atoms with van der Waals surface area (Å²) in [4.78, 5) is 36.0. The van der Waals surface area contributed by atoms with Crippen LogP contribution in [0.25, 0.3) is 6.08 Å². The molecule has 0 unspecified atom stereocenters. The van der Waals surface area contributed by atoms with Crippen molar-refractivity contribution in [2.24, 2.45) is 0 Å². The highest BCUT2D eigenvalue weighted by Gasteiger charge is 2.16. The molecule has 0 heterocycles. The average molecular weight is 458 g/mol. The number of para-hydroxylation sites is 1. The van der Waals surface area contributed by atoms with E-state index in [0.29, 0.717) is 10.7 Å². The van der Waals surface area contributed by atoms with E-state index in [1.54, 1.807) is 45.0 Å². The predicted molar refractivity (Wildman–Crippen MR) is 126 cm³/mol. The van der Waals surface area contributed by atoms with Crippen LogP contribution in [0.1, 0.15) is 38.3 Å². The van der Waals surface area contributed by atoms with Gasteiger partial charge in [-0.1, -0.05) is 48.0 Å². The summed E-state index contributed by atoms with van der Waals surface area (Å²) < 4.78 is 5.12. The van der Waals surface area contributed by atoms with Crippen molar-refractivity contribution in [1.82, 2.24) is 10.6 Å². The van der Waals surface area contributed by atoms with Crippen LogP contribution in [0.2, 0.25) is 5.02 Å². The Morgan fingerprint density at radius 1 is 1.00 bits per heavy atom. The molecule has 0 saturated carbocycles. The fourth-order valence-corrected chi connectivity index (χ4v) is 2.82. The van der Waals surface area contributed by atoms with E-state index in [1.165, 1.54) is 6.08 Å². The van der Waals surface area contributed by atoms with E-state index in [2.05, 4.69) is 16.0 Å². The molecule has 3 amide bonds. The molecule has 8 heteroatoms. The van der Waals surface area contributed by atoms with Crippen LogP contribution < -0.4 is 16.0 Å². The number of hydrogen-bond donors (Lipinski definition) is 3. The van der Waals surface area contributed by atoms with Gasteiger partial charge in [-0.2, -0.15) is 0 Å². The second kappa shape index (κ2) is 11.9. The van der Waals surface area contributed by atoms with Gasteiger partial charge in [0.25, 0.3) is 0 Å². The zero-order valence-electron chi connectivity index (χ0n) is 18.4. The molecule has 0 spiro atoms. The van der Waals surface area contributed by atoms with Crippen molar-refractivity contribution in [1.29, 1.82) is 0 Å². The summed E-state index contributed by atoms with van der Waals surface area (Å²) in [6.45, 7) is 5.69. The molecule has 170 valence electrons. The molecular weight excluding hydrogens is 430 g/mol. The van der Waals surface area contributed by atoms with E-state index in [4.69, 9.17) is 16.3 Å². The van der Waals surface area contributed by atoms with Crippen molar-refractivity contribution < 1.29 is 19.1 Å². The Morgan fingerprint density at radius 2 is 1.69 bits per heavy atom. The van der Waals surface area contributed by atoms with Gasteiger partial charge in [-0.3, -0.25) is 9.59 Å². The van der Waals surface area contributed by atoms with Gasteiger partial charge in [0.05, 0.1) is 0 Å². The second-order valence-electron chi connectivity index (χ2n) is 7.96. The highest BCUT2D eigenvalue weighted by atomic mass is 35.5. The largest absolute Gasteiger partial charge is 0.444 e. The first-order valence-electron chi connectivity index (χ1n) is 10.2. The third kappa shape index (κ3) is 9.22. The number of hydrogen-bond acceptors (Lipinski definition) is 4. The van der Waals surface area contributed by atoms with Gasteiger partial charge in [-0.15, -0.1) is 0 Å². The molecule has 2 aromatic carbocycles. The van der Waals surface area contributed by atoms with Crippen molar-refractivity contribution in [2.45, 2.75) is 39.3 Å². The minimum atomic E-state index is -0.594. The van der Waals surface area contributed by atoms with Gasteiger partial charge in [-0.05, 0) is 50.1 Å². The van der Waals surface area contributed by atoms with Crippen LogP contribution in [0.5, 0.6) is 0 Å². The monoisotopic (exact) mass is 457 g/mol. The molecule has 2 rings (SSSR count). The number of carbonyl (C=O) groups excluding carboxylic acids is 3. The fraction of sp³-hybridized carbons (Fsp3) is 0.292. The Labute approximate surface area is 193 Å². The summed E-state index contributed by atoms with van der Waals surface area (Å²) in [5, 5.41) is 8.69. The van der Waals surface area contributed by atoms with Gasteiger partial charge in [-0.25, -0.2) is 4.79 Å². The molecule has 32 heavy (non-hydrogen) atoms. The number of nitrogens with one attached hydrogen (secondary N) is 3. The summed E-state index contributed by atoms with van der Waals surface area (Å²) in [6, 6.07) is 14.4. The van der Waals surface area contributed by atoms with Gasteiger partial charge < -0.3 is 20.7 Å². The highest BCUT2D eigenvalue weighted by Crippen LogP contribution is 2.17. The van der Waals surface area contributed by atoms with Gasteiger partial charge >= 0.3 is 6.09 Å². The number of amides is 3. The zero-order chi connectivity index (χ0) is 23.6. The summed E-state index contributed by atoms with van der Waals surface area (Å²) in [7, 11) is 0. The predicted octanol–water partition coefficient (Wildman–Crippen LogP) is 4.52. The maximum Gasteiger partial charge on any atom is 0.407 e. The second-order valence-corrected chi connectivity index (χ2v) is 8.36. The molecule has 0 aliphatic carbocycles. The molecule has 0 aromatic heterocycles. The molecule has 0 aliphatic heterocycles. The maximum atomic E-state index is 12.3. The van der Waals surface area contributed by atoms with E-state index in [1.807, 2.05) is 30.3 Å². The normalized spacial score (nSPS) is 11.1.